The fraction of sp³-hybridized carbons (Fsp3) is 0.154. The van der Waals surface area contributed by atoms with Gasteiger partial charge in [-0.05, 0) is 23.4 Å². The first kappa shape index (κ1) is 12.6. The molecule has 1 N–H and O–H groups in total. The number of Topliss-reactive ketones (excluding diaryl/α,β-unsaturated/α-hetero) is 1. The van der Waals surface area contributed by atoms with Gasteiger partial charge in [-0.25, -0.2) is 0 Å². The van der Waals surface area contributed by atoms with E-state index < -0.39 is 0 Å². The molecule has 2 rings (SSSR count). The first-order valence-electron chi connectivity index (χ1n) is 5.48. The van der Waals surface area contributed by atoms with Crippen LogP contribution in [-0.2, 0) is 4.79 Å². The minimum absolute atomic E-state index is 0.0809. The van der Waals surface area contributed by atoms with Gasteiger partial charge in [0, 0.05) is 12.0 Å². The smallest absolute Gasteiger partial charge is 0.290 e. The van der Waals surface area contributed by atoms with Gasteiger partial charge in [0.2, 0.25) is 0 Å². The number of nitrogens with one attached hydrogen (secondary N) is 1. The van der Waals surface area contributed by atoms with E-state index in [4.69, 9.17) is 0 Å². The van der Waals surface area contributed by atoms with Crippen LogP contribution < -0.4 is 5.32 Å². The van der Waals surface area contributed by atoms with E-state index in [0.29, 0.717) is 16.9 Å². The number of carbonyl (C=O) groups is 3. The lowest BCUT2D eigenvalue weighted by Gasteiger charge is -1.99. The molecule has 0 spiro atoms. The summed E-state index contributed by atoms with van der Waals surface area (Å²) in [5, 5.41) is 1.83. The molecular weight excluding hydrogens is 250 g/mol. The lowest BCUT2D eigenvalue weighted by atomic mass is 10.1. The van der Waals surface area contributed by atoms with Crippen LogP contribution in [0.5, 0.6) is 0 Å². The molecule has 5 heteroatoms. The normalized spacial score (nSPS) is 17.1. The van der Waals surface area contributed by atoms with E-state index in [0.717, 1.165) is 17.3 Å². The number of imide groups is 1. The van der Waals surface area contributed by atoms with Crippen molar-refractivity contribution in [3.63, 3.8) is 0 Å². The van der Waals surface area contributed by atoms with Crippen LogP contribution >= 0.6 is 11.8 Å². The highest BCUT2D eigenvalue weighted by Gasteiger charge is 2.24. The SMILES string of the molecule is CCC(=O)c1ccc(C=C2SC(=O)NC2=O)cc1. The zero-order valence-corrected chi connectivity index (χ0v) is 10.5. The third kappa shape index (κ3) is 2.68. The Morgan fingerprint density at radius 3 is 2.44 bits per heavy atom. The molecule has 4 nitrogen and oxygen atoms in total. The van der Waals surface area contributed by atoms with Gasteiger partial charge in [0.05, 0.1) is 4.91 Å². The molecule has 1 heterocycles. The van der Waals surface area contributed by atoms with Gasteiger partial charge in [-0.3, -0.25) is 19.7 Å². The fourth-order valence-corrected chi connectivity index (χ4v) is 2.22. The third-order valence-corrected chi connectivity index (χ3v) is 3.30. The number of rotatable bonds is 3. The second-order valence-electron chi connectivity index (χ2n) is 3.75. The molecule has 92 valence electrons. The van der Waals surface area contributed by atoms with E-state index in [2.05, 4.69) is 5.32 Å². The Labute approximate surface area is 108 Å². The molecule has 0 aromatic heterocycles. The Morgan fingerprint density at radius 2 is 1.94 bits per heavy atom. The molecular formula is C13H11NO3S. The summed E-state index contributed by atoms with van der Waals surface area (Å²) >= 11 is 0.878. The predicted octanol–water partition coefficient (Wildman–Crippen LogP) is 2.60. The van der Waals surface area contributed by atoms with E-state index in [9.17, 15) is 14.4 Å². The maximum Gasteiger partial charge on any atom is 0.290 e. The quantitative estimate of drug-likeness (QED) is 0.671. The average Bonchev–Trinajstić information content (AvgIpc) is 2.68. The summed E-state index contributed by atoms with van der Waals surface area (Å²) in [4.78, 5) is 34.1. The van der Waals surface area contributed by atoms with Crippen LogP contribution in [0.2, 0.25) is 0 Å². The molecule has 1 aliphatic heterocycles. The van der Waals surface area contributed by atoms with Crippen LogP contribution in [-0.4, -0.2) is 16.9 Å². The number of carbonyl (C=O) groups excluding carboxylic acids is 3. The van der Waals surface area contributed by atoms with Crippen LogP contribution in [0, 0.1) is 0 Å². The second kappa shape index (κ2) is 5.18. The molecule has 0 unspecified atom stereocenters. The molecule has 0 bridgehead atoms. The Bertz CT molecular complexity index is 546. The first-order chi connectivity index (χ1) is 8.60. The summed E-state index contributed by atoms with van der Waals surface area (Å²) in [6, 6.07) is 6.95. The van der Waals surface area contributed by atoms with Gasteiger partial charge in [-0.15, -0.1) is 0 Å². The van der Waals surface area contributed by atoms with Crippen molar-refractivity contribution >= 4 is 34.8 Å². The predicted molar refractivity (Wildman–Crippen MR) is 70.2 cm³/mol. The molecule has 0 saturated carbocycles. The van der Waals surface area contributed by atoms with E-state index in [1.54, 1.807) is 30.3 Å². The van der Waals surface area contributed by atoms with Crippen molar-refractivity contribution in [3.05, 3.63) is 40.3 Å². The number of ketones is 1. The number of amides is 2. The topological polar surface area (TPSA) is 63.2 Å². The van der Waals surface area contributed by atoms with Crippen LogP contribution in [0.3, 0.4) is 0 Å². The Hall–Kier alpha value is -1.88. The Kier molecular flexibility index (Phi) is 3.62. The van der Waals surface area contributed by atoms with Crippen LogP contribution in [0.25, 0.3) is 6.08 Å². The van der Waals surface area contributed by atoms with Crippen LogP contribution in [0.1, 0.15) is 29.3 Å². The maximum atomic E-state index is 11.4. The van der Waals surface area contributed by atoms with E-state index >= 15 is 0 Å². The van der Waals surface area contributed by atoms with Crippen molar-refractivity contribution < 1.29 is 14.4 Å². The van der Waals surface area contributed by atoms with Gasteiger partial charge in [0.15, 0.2) is 5.78 Å². The monoisotopic (exact) mass is 261 g/mol. The highest BCUT2D eigenvalue weighted by molar-refractivity contribution is 8.18. The van der Waals surface area contributed by atoms with E-state index in [1.165, 1.54) is 0 Å². The molecule has 18 heavy (non-hydrogen) atoms. The number of hydrogen-bond donors (Lipinski definition) is 1. The Balaban J connectivity index is 2.21. The van der Waals surface area contributed by atoms with Crippen molar-refractivity contribution in [1.82, 2.24) is 5.32 Å². The standard InChI is InChI=1S/C13H11NO3S/c1-2-10(15)9-5-3-8(4-6-9)7-11-12(16)14-13(17)18-11/h3-7H,2H2,1H3,(H,14,16,17). The summed E-state index contributed by atoms with van der Waals surface area (Å²) < 4.78 is 0. The molecule has 1 aliphatic rings. The summed E-state index contributed by atoms with van der Waals surface area (Å²) in [5.74, 6) is -0.295. The van der Waals surface area contributed by atoms with Crippen LogP contribution in [0.15, 0.2) is 29.2 Å². The van der Waals surface area contributed by atoms with Crippen LogP contribution in [0.4, 0.5) is 4.79 Å². The van der Waals surface area contributed by atoms with Gasteiger partial charge in [-0.1, -0.05) is 31.2 Å². The van der Waals surface area contributed by atoms with E-state index in [1.807, 2.05) is 6.92 Å². The van der Waals surface area contributed by atoms with Crippen molar-refractivity contribution in [2.45, 2.75) is 13.3 Å². The number of hydrogen-bond acceptors (Lipinski definition) is 4. The second-order valence-corrected chi connectivity index (χ2v) is 4.77. The lowest BCUT2D eigenvalue weighted by molar-refractivity contribution is -0.115. The van der Waals surface area contributed by atoms with E-state index in [-0.39, 0.29) is 16.9 Å². The summed E-state index contributed by atoms with van der Waals surface area (Å²) in [6.07, 6.45) is 2.10. The highest BCUT2D eigenvalue weighted by atomic mass is 32.2. The van der Waals surface area contributed by atoms with Gasteiger partial charge in [0.25, 0.3) is 11.1 Å². The van der Waals surface area contributed by atoms with Crippen molar-refractivity contribution in [2.75, 3.05) is 0 Å². The molecule has 0 aliphatic carbocycles. The summed E-state index contributed by atoms with van der Waals surface area (Å²) in [7, 11) is 0. The molecule has 1 aromatic rings. The zero-order valence-electron chi connectivity index (χ0n) is 9.73. The van der Waals surface area contributed by atoms with Gasteiger partial charge in [-0.2, -0.15) is 0 Å². The van der Waals surface area contributed by atoms with Gasteiger partial charge in [0.1, 0.15) is 0 Å². The summed E-state index contributed by atoms with van der Waals surface area (Å²) in [6.45, 7) is 1.81. The number of thioether (sulfide) groups is 1. The van der Waals surface area contributed by atoms with Crippen molar-refractivity contribution in [3.8, 4) is 0 Å². The largest absolute Gasteiger partial charge is 0.294 e. The summed E-state index contributed by atoms with van der Waals surface area (Å²) in [5.41, 5.74) is 1.44. The van der Waals surface area contributed by atoms with Crippen molar-refractivity contribution in [1.29, 1.82) is 0 Å². The van der Waals surface area contributed by atoms with Crippen molar-refractivity contribution in [2.24, 2.45) is 0 Å². The third-order valence-electron chi connectivity index (χ3n) is 2.49. The van der Waals surface area contributed by atoms with Gasteiger partial charge < -0.3 is 0 Å². The number of benzene rings is 1. The Morgan fingerprint density at radius 1 is 1.28 bits per heavy atom. The minimum atomic E-state index is -0.376. The molecule has 1 fully saturated rings. The minimum Gasteiger partial charge on any atom is -0.294 e. The molecule has 0 radical (unpaired) electrons. The molecule has 1 saturated heterocycles. The lowest BCUT2D eigenvalue weighted by Crippen LogP contribution is -2.17. The molecule has 2 amide bonds. The first-order valence-corrected chi connectivity index (χ1v) is 6.30. The molecule has 1 aromatic carbocycles. The molecule has 0 atom stereocenters. The maximum absolute atomic E-state index is 11.4. The highest BCUT2D eigenvalue weighted by Crippen LogP contribution is 2.25. The average molecular weight is 261 g/mol. The zero-order chi connectivity index (χ0) is 13.1. The van der Waals surface area contributed by atoms with Gasteiger partial charge >= 0.3 is 0 Å². The fourth-order valence-electron chi connectivity index (χ4n) is 1.54.